The van der Waals surface area contributed by atoms with E-state index in [1.54, 1.807) is 11.8 Å². The molecule has 6 heteroatoms. The summed E-state index contributed by atoms with van der Waals surface area (Å²) >= 11 is 0. The van der Waals surface area contributed by atoms with Gasteiger partial charge in [0.15, 0.2) is 0 Å². The summed E-state index contributed by atoms with van der Waals surface area (Å²) in [4.78, 5) is 27.4. The van der Waals surface area contributed by atoms with Crippen LogP contribution in [0.4, 0.5) is 4.79 Å². The molecule has 0 aromatic heterocycles. The Morgan fingerprint density at radius 2 is 1.64 bits per heavy atom. The van der Waals surface area contributed by atoms with Gasteiger partial charge < -0.3 is 19.3 Å². The second-order valence-corrected chi connectivity index (χ2v) is 6.24. The minimum Gasteiger partial charge on any atom is -0.493 e. The molecule has 0 aliphatic carbocycles. The predicted molar refractivity (Wildman–Crippen MR) is 95.8 cm³/mol. The highest BCUT2D eigenvalue weighted by molar-refractivity contribution is 5.76. The van der Waals surface area contributed by atoms with Crippen molar-refractivity contribution in [1.29, 1.82) is 0 Å². The van der Waals surface area contributed by atoms with Crippen LogP contribution in [-0.2, 0) is 9.53 Å². The Bertz CT molecular complexity index is 575. The third-order valence-corrected chi connectivity index (χ3v) is 4.35. The van der Waals surface area contributed by atoms with Crippen LogP contribution >= 0.6 is 0 Å². The Balaban J connectivity index is 1.69. The van der Waals surface area contributed by atoms with Crippen molar-refractivity contribution in [3.05, 3.63) is 29.3 Å². The number of hydrogen-bond donors (Lipinski definition) is 0. The fourth-order valence-corrected chi connectivity index (χ4v) is 2.94. The van der Waals surface area contributed by atoms with Crippen molar-refractivity contribution in [1.82, 2.24) is 9.80 Å². The molecule has 0 spiro atoms. The summed E-state index contributed by atoms with van der Waals surface area (Å²) in [7, 11) is 0. The van der Waals surface area contributed by atoms with Gasteiger partial charge in [0.1, 0.15) is 5.75 Å². The van der Waals surface area contributed by atoms with E-state index in [1.807, 2.05) is 36.9 Å². The SMILES string of the molecule is CCOC(=O)N1CCN(C(=O)CCCOc2c(C)cccc2C)CC1. The number of aryl methyl sites for hydroxylation is 2. The smallest absolute Gasteiger partial charge is 0.409 e. The molecular weight excluding hydrogens is 320 g/mol. The van der Waals surface area contributed by atoms with Gasteiger partial charge in [-0.05, 0) is 38.3 Å². The van der Waals surface area contributed by atoms with Crippen LogP contribution in [0.25, 0.3) is 0 Å². The first-order valence-electron chi connectivity index (χ1n) is 8.91. The van der Waals surface area contributed by atoms with Gasteiger partial charge >= 0.3 is 6.09 Å². The molecule has 138 valence electrons. The molecule has 6 nitrogen and oxygen atoms in total. The number of nitrogens with zero attached hydrogens (tertiary/aromatic N) is 2. The molecule has 1 heterocycles. The molecule has 1 saturated heterocycles. The first kappa shape index (κ1) is 19.1. The molecule has 2 rings (SSSR count). The van der Waals surface area contributed by atoms with Gasteiger partial charge in [0.25, 0.3) is 0 Å². The number of para-hydroxylation sites is 1. The molecule has 0 bridgehead atoms. The lowest BCUT2D eigenvalue weighted by atomic mass is 10.1. The number of benzene rings is 1. The summed E-state index contributed by atoms with van der Waals surface area (Å²) < 4.78 is 10.8. The molecule has 1 aromatic carbocycles. The van der Waals surface area contributed by atoms with Gasteiger partial charge in [-0.1, -0.05) is 18.2 Å². The quantitative estimate of drug-likeness (QED) is 0.742. The molecule has 2 amide bonds. The number of rotatable bonds is 6. The van der Waals surface area contributed by atoms with Crippen molar-refractivity contribution in [2.75, 3.05) is 39.4 Å². The monoisotopic (exact) mass is 348 g/mol. The number of hydrogen-bond acceptors (Lipinski definition) is 4. The van der Waals surface area contributed by atoms with Crippen LogP contribution in [0.15, 0.2) is 18.2 Å². The first-order chi connectivity index (χ1) is 12.0. The third kappa shape index (κ3) is 5.37. The van der Waals surface area contributed by atoms with Gasteiger partial charge in [-0.2, -0.15) is 0 Å². The summed E-state index contributed by atoms with van der Waals surface area (Å²) in [6.07, 6.45) is 0.853. The van der Waals surface area contributed by atoms with Crippen LogP contribution in [-0.4, -0.2) is 61.2 Å². The van der Waals surface area contributed by atoms with Crippen LogP contribution in [0.2, 0.25) is 0 Å². The van der Waals surface area contributed by atoms with Crippen molar-refractivity contribution >= 4 is 12.0 Å². The van der Waals surface area contributed by atoms with E-state index < -0.39 is 0 Å². The van der Waals surface area contributed by atoms with Gasteiger partial charge in [0.05, 0.1) is 13.2 Å². The molecule has 0 atom stereocenters. The highest BCUT2D eigenvalue weighted by Gasteiger charge is 2.24. The third-order valence-electron chi connectivity index (χ3n) is 4.35. The number of ether oxygens (including phenoxy) is 2. The maximum Gasteiger partial charge on any atom is 0.409 e. The average Bonchev–Trinajstić information content (AvgIpc) is 2.61. The van der Waals surface area contributed by atoms with Crippen LogP contribution in [0.3, 0.4) is 0 Å². The van der Waals surface area contributed by atoms with Gasteiger partial charge in [-0.25, -0.2) is 4.79 Å². The van der Waals surface area contributed by atoms with Crippen molar-refractivity contribution in [3.63, 3.8) is 0 Å². The lowest BCUT2D eigenvalue weighted by Crippen LogP contribution is -2.50. The normalized spacial score (nSPS) is 14.4. The number of carbonyl (C=O) groups excluding carboxylic acids is 2. The Morgan fingerprint density at radius 3 is 2.24 bits per heavy atom. The molecule has 1 fully saturated rings. The second-order valence-electron chi connectivity index (χ2n) is 6.24. The highest BCUT2D eigenvalue weighted by Crippen LogP contribution is 2.22. The first-order valence-corrected chi connectivity index (χ1v) is 8.91. The number of carbonyl (C=O) groups is 2. The topological polar surface area (TPSA) is 59.1 Å². The van der Waals surface area contributed by atoms with Gasteiger partial charge in [0, 0.05) is 32.6 Å². The van der Waals surface area contributed by atoms with Crippen molar-refractivity contribution in [2.24, 2.45) is 0 Å². The summed E-state index contributed by atoms with van der Waals surface area (Å²) in [5.74, 6) is 1.03. The summed E-state index contributed by atoms with van der Waals surface area (Å²) in [6, 6.07) is 6.06. The van der Waals surface area contributed by atoms with Crippen LogP contribution in [0, 0.1) is 13.8 Å². The Hall–Kier alpha value is -2.24. The summed E-state index contributed by atoms with van der Waals surface area (Å²) in [6.45, 7) is 8.93. The highest BCUT2D eigenvalue weighted by atomic mass is 16.6. The van der Waals surface area contributed by atoms with Gasteiger partial charge in [-0.3, -0.25) is 4.79 Å². The fraction of sp³-hybridized carbons (Fsp3) is 0.579. The predicted octanol–water partition coefficient (Wildman–Crippen LogP) is 2.76. The van der Waals surface area contributed by atoms with Gasteiger partial charge in [0.2, 0.25) is 5.91 Å². The van der Waals surface area contributed by atoms with Crippen LogP contribution < -0.4 is 4.74 Å². The molecule has 0 N–H and O–H groups in total. The van der Waals surface area contributed by atoms with Crippen LogP contribution in [0.5, 0.6) is 5.75 Å². The minimum atomic E-state index is -0.295. The Morgan fingerprint density at radius 1 is 1.04 bits per heavy atom. The van der Waals surface area contributed by atoms with Crippen LogP contribution in [0.1, 0.15) is 30.9 Å². The average molecular weight is 348 g/mol. The van der Waals surface area contributed by atoms with E-state index in [2.05, 4.69) is 0 Å². The molecule has 0 radical (unpaired) electrons. The zero-order valence-electron chi connectivity index (χ0n) is 15.4. The van der Waals surface area contributed by atoms with E-state index in [4.69, 9.17) is 9.47 Å². The summed E-state index contributed by atoms with van der Waals surface area (Å²) in [5.41, 5.74) is 2.22. The maximum atomic E-state index is 12.3. The molecule has 0 unspecified atom stereocenters. The molecule has 1 aliphatic heterocycles. The van der Waals surface area contributed by atoms with E-state index in [9.17, 15) is 9.59 Å². The zero-order chi connectivity index (χ0) is 18.2. The minimum absolute atomic E-state index is 0.119. The number of piperazine rings is 1. The Kier molecular flexibility index (Phi) is 7.10. The maximum absolute atomic E-state index is 12.3. The lowest BCUT2D eigenvalue weighted by Gasteiger charge is -2.34. The Labute approximate surface area is 149 Å². The molecule has 25 heavy (non-hydrogen) atoms. The van der Waals surface area contributed by atoms with E-state index in [0.717, 1.165) is 16.9 Å². The largest absolute Gasteiger partial charge is 0.493 e. The van der Waals surface area contributed by atoms with E-state index in [0.29, 0.717) is 52.2 Å². The van der Waals surface area contributed by atoms with Crippen molar-refractivity contribution in [3.8, 4) is 5.75 Å². The van der Waals surface area contributed by atoms with E-state index in [1.165, 1.54) is 0 Å². The zero-order valence-corrected chi connectivity index (χ0v) is 15.4. The molecule has 1 aliphatic rings. The molecule has 0 saturated carbocycles. The molecular formula is C19H28N2O4. The number of amides is 2. The lowest BCUT2D eigenvalue weighted by molar-refractivity contribution is -0.133. The van der Waals surface area contributed by atoms with Crippen molar-refractivity contribution < 1.29 is 19.1 Å². The fourth-order valence-electron chi connectivity index (χ4n) is 2.94. The second kappa shape index (κ2) is 9.30. The molecule has 1 aromatic rings. The summed E-state index contributed by atoms with van der Waals surface area (Å²) in [5, 5.41) is 0. The standard InChI is InChI=1S/C19H28N2O4/c1-4-24-19(23)21-12-10-20(11-13-21)17(22)9-6-14-25-18-15(2)7-5-8-16(18)3/h5,7-8H,4,6,9-14H2,1-3H3. The van der Waals surface area contributed by atoms with Gasteiger partial charge in [-0.15, -0.1) is 0 Å². The van der Waals surface area contributed by atoms with E-state index >= 15 is 0 Å². The van der Waals surface area contributed by atoms with E-state index in [-0.39, 0.29) is 12.0 Å². The van der Waals surface area contributed by atoms with Crippen molar-refractivity contribution in [2.45, 2.75) is 33.6 Å².